The number of hydrogen-bond acceptors (Lipinski definition) is 1. The SMILES string of the molecule is CC[C@](C)(O)Cc1ccccc1. The van der Waals surface area contributed by atoms with Crippen LogP contribution in [0.2, 0.25) is 0 Å². The Morgan fingerprint density at radius 1 is 1.25 bits per heavy atom. The summed E-state index contributed by atoms with van der Waals surface area (Å²) in [7, 11) is 0. The molecule has 0 unspecified atom stereocenters. The molecule has 0 aliphatic rings. The summed E-state index contributed by atoms with van der Waals surface area (Å²) < 4.78 is 0. The molecule has 1 atom stereocenters. The van der Waals surface area contributed by atoms with Gasteiger partial charge in [0.1, 0.15) is 0 Å². The third-order valence-corrected chi connectivity index (χ3v) is 2.19. The van der Waals surface area contributed by atoms with Gasteiger partial charge in [0.25, 0.3) is 0 Å². The lowest BCUT2D eigenvalue weighted by Crippen LogP contribution is -2.25. The summed E-state index contributed by atoms with van der Waals surface area (Å²) in [5.41, 5.74) is 0.644. The van der Waals surface area contributed by atoms with Crippen LogP contribution >= 0.6 is 0 Å². The van der Waals surface area contributed by atoms with Gasteiger partial charge in [-0.25, -0.2) is 0 Å². The molecule has 66 valence electrons. The first kappa shape index (κ1) is 9.27. The maximum absolute atomic E-state index is 9.78. The summed E-state index contributed by atoms with van der Waals surface area (Å²) in [5.74, 6) is 0. The van der Waals surface area contributed by atoms with Gasteiger partial charge in [-0.2, -0.15) is 0 Å². The monoisotopic (exact) mass is 164 g/mol. The minimum atomic E-state index is -0.554. The van der Waals surface area contributed by atoms with E-state index in [1.54, 1.807) is 0 Å². The van der Waals surface area contributed by atoms with Crippen LogP contribution in [-0.4, -0.2) is 10.7 Å². The van der Waals surface area contributed by atoms with Crippen molar-refractivity contribution in [3.05, 3.63) is 35.9 Å². The van der Waals surface area contributed by atoms with E-state index in [4.69, 9.17) is 0 Å². The van der Waals surface area contributed by atoms with Crippen LogP contribution < -0.4 is 0 Å². The van der Waals surface area contributed by atoms with Crippen LogP contribution in [0, 0.1) is 0 Å². The normalized spacial score (nSPS) is 15.6. The Hall–Kier alpha value is -0.820. The van der Waals surface area contributed by atoms with E-state index in [0.29, 0.717) is 0 Å². The molecule has 0 aromatic heterocycles. The molecular weight excluding hydrogens is 148 g/mol. The highest BCUT2D eigenvalue weighted by atomic mass is 16.3. The topological polar surface area (TPSA) is 20.2 Å². The average Bonchev–Trinajstić information content (AvgIpc) is 2.06. The van der Waals surface area contributed by atoms with E-state index >= 15 is 0 Å². The molecule has 0 heterocycles. The van der Waals surface area contributed by atoms with Crippen molar-refractivity contribution < 1.29 is 5.11 Å². The second-order valence-electron chi connectivity index (χ2n) is 3.51. The number of hydrogen-bond donors (Lipinski definition) is 1. The standard InChI is InChI=1S/C11H16O/c1-3-11(2,12)9-10-7-5-4-6-8-10/h4-8,12H,3,9H2,1-2H3/t11-/m0/s1. The number of aliphatic hydroxyl groups is 1. The number of benzene rings is 1. The van der Waals surface area contributed by atoms with Crippen LogP contribution in [0.1, 0.15) is 25.8 Å². The molecule has 0 spiro atoms. The molecule has 0 amide bonds. The van der Waals surface area contributed by atoms with E-state index < -0.39 is 5.60 Å². The van der Waals surface area contributed by atoms with Crippen molar-refractivity contribution in [2.24, 2.45) is 0 Å². The molecule has 1 aromatic rings. The van der Waals surface area contributed by atoms with Crippen LogP contribution in [0.5, 0.6) is 0 Å². The van der Waals surface area contributed by atoms with Gasteiger partial charge in [-0.05, 0) is 18.9 Å². The van der Waals surface area contributed by atoms with Gasteiger partial charge < -0.3 is 5.11 Å². The molecule has 0 aliphatic carbocycles. The molecular formula is C11H16O. The zero-order chi connectivity index (χ0) is 9.03. The molecule has 0 aliphatic heterocycles. The molecule has 1 heteroatoms. The van der Waals surface area contributed by atoms with Gasteiger partial charge in [0.2, 0.25) is 0 Å². The van der Waals surface area contributed by atoms with E-state index in [0.717, 1.165) is 12.8 Å². The first-order valence-corrected chi connectivity index (χ1v) is 4.40. The minimum Gasteiger partial charge on any atom is -0.390 e. The maximum atomic E-state index is 9.78. The van der Waals surface area contributed by atoms with Crippen LogP contribution in [0.15, 0.2) is 30.3 Å². The van der Waals surface area contributed by atoms with Gasteiger partial charge in [-0.3, -0.25) is 0 Å². The van der Waals surface area contributed by atoms with E-state index in [9.17, 15) is 5.11 Å². The second kappa shape index (κ2) is 3.72. The van der Waals surface area contributed by atoms with E-state index in [2.05, 4.69) is 0 Å². The average molecular weight is 164 g/mol. The predicted octanol–water partition coefficient (Wildman–Crippen LogP) is 2.39. The Bertz CT molecular complexity index is 226. The molecule has 1 nitrogen and oxygen atoms in total. The third-order valence-electron chi connectivity index (χ3n) is 2.19. The van der Waals surface area contributed by atoms with E-state index in [1.807, 2.05) is 44.2 Å². The lowest BCUT2D eigenvalue weighted by Gasteiger charge is -2.20. The van der Waals surface area contributed by atoms with Crippen molar-refractivity contribution >= 4 is 0 Å². The summed E-state index contributed by atoms with van der Waals surface area (Å²) in [6.45, 7) is 3.88. The summed E-state index contributed by atoms with van der Waals surface area (Å²) >= 11 is 0. The lowest BCUT2D eigenvalue weighted by molar-refractivity contribution is 0.0564. The van der Waals surface area contributed by atoms with Crippen LogP contribution in [0.3, 0.4) is 0 Å². The summed E-state index contributed by atoms with van der Waals surface area (Å²) in [5, 5.41) is 9.78. The van der Waals surface area contributed by atoms with Crippen molar-refractivity contribution in [2.45, 2.75) is 32.3 Å². The zero-order valence-electron chi connectivity index (χ0n) is 7.75. The zero-order valence-corrected chi connectivity index (χ0v) is 7.75. The van der Waals surface area contributed by atoms with Crippen LogP contribution in [0.25, 0.3) is 0 Å². The van der Waals surface area contributed by atoms with Crippen LogP contribution in [-0.2, 0) is 6.42 Å². The largest absolute Gasteiger partial charge is 0.390 e. The first-order chi connectivity index (χ1) is 5.64. The number of rotatable bonds is 3. The summed E-state index contributed by atoms with van der Waals surface area (Å²) in [6, 6.07) is 10.1. The summed E-state index contributed by atoms with van der Waals surface area (Å²) in [6.07, 6.45) is 1.53. The van der Waals surface area contributed by atoms with Gasteiger partial charge in [0.15, 0.2) is 0 Å². The Labute approximate surface area is 74.1 Å². The minimum absolute atomic E-state index is 0.554. The molecule has 1 N–H and O–H groups in total. The highest BCUT2D eigenvalue weighted by Gasteiger charge is 2.17. The quantitative estimate of drug-likeness (QED) is 0.727. The second-order valence-corrected chi connectivity index (χ2v) is 3.51. The fourth-order valence-electron chi connectivity index (χ4n) is 1.16. The van der Waals surface area contributed by atoms with Crippen LogP contribution in [0.4, 0.5) is 0 Å². The van der Waals surface area contributed by atoms with Gasteiger partial charge in [0, 0.05) is 6.42 Å². The van der Waals surface area contributed by atoms with Crippen molar-refractivity contribution in [1.29, 1.82) is 0 Å². The molecule has 0 bridgehead atoms. The van der Waals surface area contributed by atoms with Gasteiger partial charge >= 0.3 is 0 Å². The highest BCUT2D eigenvalue weighted by molar-refractivity contribution is 5.16. The van der Waals surface area contributed by atoms with Gasteiger partial charge in [0.05, 0.1) is 5.60 Å². The molecule has 1 rings (SSSR count). The molecule has 0 saturated carbocycles. The molecule has 12 heavy (non-hydrogen) atoms. The maximum Gasteiger partial charge on any atom is 0.0657 e. The van der Waals surface area contributed by atoms with Crippen molar-refractivity contribution in [3.63, 3.8) is 0 Å². The Balaban J connectivity index is 2.64. The van der Waals surface area contributed by atoms with Gasteiger partial charge in [-0.1, -0.05) is 37.3 Å². The van der Waals surface area contributed by atoms with Crippen molar-refractivity contribution in [3.8, 4) is 0 Å². The predicted molar refractivity (Wildman–Crippen MR) is 51.1 cm³/mol. The van der Waals surface area contributed by atoms with E-state index in [-0.39, 0.29) is 0 Å². The third kappa shape index (κ3) is 2.67. The van der Waals surface area contributed by atoms with Crippen molar-refractivity contribution in [2.75, 3.05) is 0 Å². The molecule has 0 saturated heterocycles. The Morgan fingerprint density at radius 2 is 1.83 bits per heavy atom. The highest BCUT2D eigenvalue weighted by Crippen LogP contribution is 2.15. The van der Waals surface area contributed by atoms with Gasteiger partial charge in [-0.15, -0.1) is 0 Å². The molecule has 0 fully saturated rings. The van der Waals surface area contributed by atoms with Crippen molar-refractivity contribution in [1.82, 2.24) is 0 Å². The first-order valence-electron chi connectivity index (χ1n) is 4.40. The smallest absolute Gasteiger partial charge is 0.0657 e. The molecule has 0 radical (unpaired) electrons. The van der Waals surface area contributed by atoms with E-state index in [1.165, 1.54) is 5.56 Å². The fraction of sp³-hybridized carbons (Fsp3) is 0.455. The Kier molecular flexibility index (Phi) is 2.88. The summed E-state index contributed by atoms with van der Waals surface area (Å²) in [4.78, 5) is 0. The molecule has 1 aromatic carbocycles. The Morgan fingerprint density at radius 3 is 2.33 bits per heavy atom. The fourth-order valence-corrected chi connectivity index (χ4v) is 1.16. The lowest BCUT2D eigenvalue weighted by atomic mass is 9.94.